The van der Waals surface area contributed by atoms with Crippen molar-refractivity contribution in [2.75, 3.05) is 6.61 Å². The SMILES string of the molecule is CCc1nc2ccccc2c(C)c1C(=O)OCC(=O)NC1(C#N)CCCC1. The number of aromatic nitrogens is 1. The third-order valence-electron chi connectivity index (χ3n) is 5.15. The van der Waals surface area contributed by atoms with E-state index in [2.05, 4.69) is 16.4 Å². The summed E-state index contributed by atoms with van der Waals surface area (Å²) in [5.41, 5.74) is 1.88. The highest BCUT2D eigenvalue weighted by atomic mass is 16.5. The van der Waals surface area contributed by atoms with Gasteiger partial charge in [0.25, 0.3) is 5.91 Å². The van der Waals surface area contributed by atoms with Gasteiger partial charge >= 0.3 is 5.97 Å². The van der Waals surface area contributed by atoms with Gasteiger partial charge in [-0.15, -0.1) is 0 Å². The molecule has 0 bridgehead atoms. The monoisotopic (exact) mass is 365 g/mol. The normalized spacial score (nSPS) is 15.3. The zero-order valence-electron chi connectivity index (χ0n) is 15.7. The van der Waals surface area contributed by atoms with Crippen molar-refractivity contribution < 1.29 is 14.3 Å². The van der Waals surface area contributed by atoms with Gasteiger partial charge in [-0.05, 0) is 50.7 Å². The molecule has 140 valence electrons. The first-order chi connectivity index (χ1) is 13.0. The van der Waals surface area contributed by atoms with Crippen molar-refractivity contribution in [1.82, 2.24) is 10.3 Å². The van der Waals surface area contributed by atoms with Crippen LogP contribution in [0.25, 0.3) is 10.9 Å². The van der Waals surface area contributed by atoms with Crippen molar-refractivity contribution in [3.8, 4) is 6.07 Å². The number of rotatable bonds is 5. The van der Waals surface area contributed by atoms with Crippen LogP contribution in [0.4, 0.5) is 0 Å². The predicted molar refractivity (Wildman–Crippen MR) is 101 cm³/mol. The van der Waals surface area contributed by atoms with Gasteiger partial charge in [0.1, 0.15) is 5.54 Å². The molecule has 1 heterocycles. The Morgan fingerprint density at radius 1 is 1.30 bits per heavy atom. The second-order valence-corrected chi connectivity index (χ2v) is 6.95. The van der Waals surface area contributed by atoms with E-state index >= 15 is 0 Å². The first-order valence-corrected chi connectivity index (χ1v) is 9.27. The Bertz CT molecular complexity index is 924. The summed E-state index contributed by atoms with van der Waals surface area (Å²) in [4.78, 5) is 29.4. The Morgan fingerprint density at radius 2 is 2.00 bits per heavy atom. The van der Waals surface area contributed by atoms with Crippen molar-refractivity contribution in [2.24, 2.45) is 0 Å². The fraction of sp³-hybridized carbons (Fsp3) is 0.429. The molecule has 1 saturated carbocycles. The number of esters is 1. The number of hydrogen-bond donors (Lipinski definition) is 1. The molecule has 1 amide bonds. The van der Waals surface area contributed by atoms with Gasteiger partial charge < -0.3 is 10.1 Å². The smallest absolute Gasteiger partial charge is 0.340 e. The maximum atomic E-state index is 12.7. The van der Waals surface area contributed by atoms with E-state index in [0.717, 1.165) is 29.3 Å². The number of carbonyl (C=O) groups is 2. The Hall–Kier alpha value is -2.94. The number of benzene rings is 1. The van der Waals surface area contributed by atoms with Gasteiger partial charge in [-0.3, -0.25) is 9.78 Å². The van der Waals surface area contributed by atoms with Crippen LogP contribution < -0.4 is 5.32 Å². The number of aryl methyl sites for hydroxylation is 2. The van der Waals surface area contributed by atoms with Crippen LogP contribution in [-0.4, -0.2) is 29.0 Å². The lowest BCUT2D eigenvalue weighted by molar-refractivity contribution is -0.125. The molecule has 1 aliphatic carbocycles. The Kier molecular flexibility index (Phi) is 5.41. The predicted octanol–water partition coefficient (Wildman–Crippen LogP) is 3.22. The molecule has 27 heavy (non-hydrogen) atoms. The quantitative estimate of drug-likeness (QED) is 0.822. The maximum absolute atomic E-state index is 12.7. The minimum Gasteiger partial charge on any atom is -0.452 e. The van der Waals surface area contributed by atoms with Crippen molar-refractivity contribution in [3.05, 3.63) is 41.1 Å². The molecule has 1 aromatic carbocycles. The number of fused-ring (bicyclic) bond motifs is 1. The largest absolute Gasteiger partial charge is 0.452 e. The van der Waals surface area contributed by atoms with E-state index in [4.69, 9.17) is 4.74 Å². The van der Waals surface area contributed by atoms with E-state index in [0.29, 0.717) is 30.5 Å². The van der Waals surface area contributed by atoms with Crippen LogP contribution in [-0.2, 0) is 16.0 Å². The number of nitriles is 1. The summed E-state index contributed by atoms with van der Waals surface area (Å²) in [5, 5.41) is 13.0. The zero-order valence-corrected chi connectivity index (χ0v) is 15.7. The van der Waals surface area contributed by atoms with Crippen molar-refractivity contribution >= 4 is 22.8 Å². The summed E-state index contributed by atoms with van der Waals surface area (Å²) in [6.45, 7) is 3.39. The van der Waals surface area contributed by atoms with E-state index in [1.165, 1.54) is 0 Å². The van der Waals surface area contributed by atoms with Crippen LogP contribution in [0, 0.1) is 18.3 Å². The Balaban J connectivity index is 1.75. The first-order valence-electron chi connectivity index (χ1n) is 9.27. The van der Waals surface area contributed by atoms with Gasteiger partial charge in [0.15, 0.2) is 6.61 Å². The summed E-state index contributed by atoms with van der Waals surface area (Å²) in [6.07, 6.45) is 3.68. The van der Waals surface area contributed by atoms with Gasteiger partial charge in [0.2, 0.25) is 0 Å². The van der Waals surface area contributed by atoms with Gasteiger partial charge in [0, 0.05) is 5.39 Å². The lowest BCUT2D eigenvalue weighted by atomic mass is 10.00. The molecule has 1 aromatic heterocycles. The summed E-state index contributed by atoms with van der Waals surface area (Å²) >= 11 is 0. The average Bonchev–Trinajstić information content (AvgIpc) is 3.15. The zero-order chi connectivity index (χ0) is 19.4. The van der Waals surface area contributed by atoms with Gasteiger partial charge in [0.05, 0.1) is 22.8 Å². The fourth-order valence-corrected chi connectivity index (χ4v) is 3.72. The molecule has 1 fully saturated rings. The minimum absolute atomic E-state index is 0.405. The average molecular weight is 365 g/mol. The first kappa shape index (κ1) is 18.8. The number of amides is 1. The number of hydrogen-bond acceptors (Lipinski definition) is 5. The van der Waals surface area contributed by atoms with Crippen LogP contribution in [0.1, 0.15) is 54.2 Å². The number of pyridine rings is 1. The molecule has 0 atom stereocenters. The number of ether oxygens (including phenoxy) is 1. The standard InChI is InChI=1S/C21H23N3O3/c1-3-16-19(14(2)15-8-4-5-9-17(15)23-16)20(26)27-12-18(25)24-21(13-22)10-6-7-11-21/h4-5,8-9H,3,6-7,10-12H2,1-2H3,(H,24,25). The number of nitrogens with one attached hydrogen (secondary N) is 1. The van der Waals surface area contributed by atoms with E-state index in [1.807, 2.05) is 38.1 Å². The molecule has 6 nitrogen and oxygen atoms in total. The molecular weight excluding hydrogens is 342 g/mol. The number of carbonyl (C=O) groups excluding carboxylic acids is 2. The molecule has 0 spiro atoms. The van der Waals surface area contributed by atoms with Crippen molar-refractivity contribution in [1.29, 1.82) is 5.26 Å². The van der Waals surface area contributed by atoms with Crippen LogP contribution in [0.2, 0.25) is 0 Å². The van der Waals surface area contributed by atoms with Gasteiger partial charge in [-0.25, -0.2) is 4.79 Å². The fourth-order valence-electron chi connectivity index (χ4n) is 3.72. The van der Waals surface area contributed by atoms with Crippen molar-refractivity contribution in [2.45, 2.75) is 51.5 Å². The molecule has 3 rings (SSSR count). The highest BCUT2D eigenvalue weighted by Gasteiger charge is 2.35. The van der Waals surface area contributed by atoms with E-state index in [9.17, 15) is 14.9 Å². The minimum atomic E-state index is -0.821. The highest BCUT2D eigenvalue weighted by Crippen LogP contribution is 2.29. The summed E-state index contributed by atoms with van der Waals surface area (Å²) in [6, 6.07) is 9.82. The van der Waals surface area contributed by atoms with Crippen LogP contribution in [0.5, 0.6) is 0 Å². The van der Waals surface area contributed by atoms with Crippen LogP contribution in [0.3, 0.4) is 0 Å². The Labute approximate surface area is 158 Å². The van der Waals surface area contributed by atoms with E-state index in [-0.39, 0.29) is 0 Å². The molecule has 0 saturated heterocycles. The highest BCUT2D eigenvalue weighted by molar-refractivity contribution is 5.99. The van der Waals surface area contributed by atoms with Gasteiger partial charge in [-0.1, -0.05) is 25.1 Å². The third-order valence-corrected chi connectivity index (χ3v) is 5.15. The lowest BCUT2D eigenvalue weighted by Crippen LogP contribution is -2.46. The summed E-state index contributed by atoms with van der Waals surface area (Å²) < 4.78 is 5.26. The summed E-state index contributed by atoms with van der Waals surface area (Å²) in [5.74, 6) is -1.01. The lowest BCUT2D eigenvalue weighted by Gasteiger charge is -2.22. The van der Waals surface area contributed by atoms with Crippen LogP contribution in [0.15, 0.2) is 24.3 Å². The van der Waals surface area contributed by atoms with Crippen LogP contribution >= 0.6 is 0 Å². The molecule has 0 radical (unpaired) electrons. The topological polar surface area (TPSA) is 92.1 Å². The van der Waals surface area contributed by atoms with Crippen molar-refractivity contribution in [3.63, 3.8) is 0 Å². The second kappa shape index (κ2) is 7.75. The maximum Gasteiger partial charge on any atom is 0.340 e. The molecule has 0 unspecified atom stereocenters. The number of para-hydroxylation sites is 1. The van der Waals surface area contributed by atoms with Gasteiger partial charge in [-0.2, -0.15) is 5.26 Å². The molecule has 2 aromatic rings. The second-order valence-electron chi connectivity index (χ2n) is 6.95. The molecular formula is C21H23N3O3. The number of nitrogens with zero attached hydrogens (tertiary/aromatic N) is 2. The van der Waals surface area contributed by atoms with E-state index < -0.39 is 24.0 Å². The molecule has 1 N–H and O–H groups in total. The molecule has 0 aliphatic heterocycles. The molecule has 1 aliphatic rings. The van der Waals surface area contributed by atoms with E-state index in [1.54, 1.807) is 0 Å². The molecule has 6 heteroatoms. The Morgan fingerprint density at radius 3 is 2.67 bits per heavy atom. The summed E-state index contributed by atoms with van der Waals surface area (Å²) in [7, 11) is 0. The third kappa shape index (κ3) is 3.77.